The van der Waals surface area contributed by atoms with Gasteiger partial charge in [0.1, 0.15) is 0 Å². The maximum Gasteiger partial charge on any atom is 0.178 e. The van der Waals surface area contributed by atoms with Gasteiger partial charge in [-0.05, 0) is 86.1 Å². The van der Waals surface area contributed by atoms with E-state index >= 15 is 0 Å². The summed E-state index contributed by atoms with van der Waals surface area (Å²) in [7, 11) is 0. The topological polar surface area (TPSA) is 34.1 Å². The highest BCUT2D eigenvalue weighted by atomic mass is 16.1. The van der Waals surface area contributed by atoms with Crippen molar-refractivity contribution < 1.29 is 9.59 Å². The zero-order valence-corrected chi connectivity index (χ0v) is 22.4. The molecule has 0 bridgehead atoms. The molecule has 188 valence electrons. The van der Waals surface area contributed by atoms with Gasteiger partial charge in [-0.2, -0.15) is 0 Å². The molecule has 0 rings (SSSR count). The van der Waals surface area contributed by atoms with Crippen LogP contribution in [0.4, 0.5) is 0 Å². The van der Waals surface area contributed by atoms with Crippen LogP contribution in [0, 0.1) is 48.4 Å². The van der Waals surface area contributed by atoms with Crippen molar-refractivity contribution in [3.63, 3.8) is 0 Å². The Morgan fingerprint density at radius 3 is 1.18 bits per heavy atom. The summed E-state index contributed by atoms with van der Waals surface area (Å²) < 4.78 is 0. The second-order valence-corrected chi connectivity index (χ2v) is 7.58. The molecule has 0 spiro atoms. The van der Waals surface area contributed by atoms with Crippen molar-refractivity contribution in [2.24, 2.45) is 0 Å². The summed E-state index contributed by atoms with van der Waals surface area (Å²) in [5.41, 5.74) is 3.23. The first-order chi connectivity index (χ1) is 18.3. The predicted molar refractivity (Wildman–Crippen MR) is 162 cm³/mol. The molecule has 0 aromatic rings. The third-order valence-corrected chi connectivity index (χ3v) is 4.13. The van der Waals surface area contributed by atoms with E-state index in [4.69, 9.17) is 12.8 Å². The van der Waals surface area contributed by atoms with Crippen LogP contribution in [0.5, 0.6) is 0 Å². The molecule has 0 aromatic heterocycles. The van der Waals surface area contributed by atoms with E-state index in [9.17, 15) is 9.59 Å². The van der Waals surface area contributed by atoms with Crippen molar-refractivity contribution in [2.75, 3.05) is 0 Å². The number of hydrogen-bond donors (Lipinski definition) is 0. The largest absolute Gasteiger partial charge is 0.290 e. The van der Waals surface area contributed by atoms with Gasteiger partial charge in [0.2, 0.25) is 0 Å². The first kappa shape index (κ1) is 32.7. The molecule has 0 fully saturated rings. The van der Waals surface area contributed by atoms with Crippen LogP contribution in [-0.4, -0.2) is 11.6 Å². The van der Waals surface area contributed by atoms with E-state index < -0.39 is 0 Å². The molecule has 0 unspecified atom stereocenters. The van der Waals surface area contributed by atoms with Gasteiger partial charge < -0.3 is 0 Å². The fraction of sp³-hybridized carbons (Fsp3) is 0.111. The molecule has 0 heterocycles. The Kier molecular flexibility index (Phi) is 19.1. The SMILES string of the molecule is C#C/C(C)=C\C=C\C(=O)/C=C/C=C/C=C(/C)C#CC#C\C(C)=C/C=C/C=C/C=C/C(=O)/C=C/C=C(/C)C#C. The first-order valence-electron chi connectivity index (χ1n) is 11.7. The van der Waals surface area contributed by atoms with E-state index in [-0.39, 0.29) is 11.6 Å². The maximum atomic E-state index is 11.7. The molecule has 2 heteroatoms. The number of hydrogen-bond acceptors (Lipinski definition) is 2. The highest BCUT2D eigenvalue weighted by molar-refractivity contribution is 5.99. The van der Waals surface area contributed by atoms with Crippen molar-refractivity contribution in [1.29, 1.82) is 0 Å². The van der Waals surface area contributed by atoms with E-state index in [2.05, 4.69) is 35.5 Å². The van der Waals surface area contributed by atoms with Gasteiger partial charge in [0.05, 0.1) is 0 Å². The van der Waals surface area contributed by atoms with Gasteiger partial charge in [-0.3, -0.25) is 9.59 Å². The third-order valence-electron chi connectivity index (χ3n) is 4.13. The smallest absolute Gasteiger partial charge is 0.178 e. The molecule has 0 amide bonds. The van der Waals surface area contributed by atoms with Crippen LogP contribution in [0.2, 0.25) is 0 Å². The maximum absolute atomic E-state index is 11.7. The molecule has 38 heavy (non-hydrogen) atoms. The Hall–Kier alpha value is -5.28. The van der Waals surface area contributed by atoms with Gasteiger partial charge in [-0.25, -0.2) is 0 Å². The highest BCUT2D eigenvalue weighted by Gasteiger charge is 1.86. The van der Waals surface area contributed by atoms with Crippen molar-refractivity contribution in [3.8, 4) is 48.4 Å². The van der Waals surface area contributed by atoms with Crippen LogP contribution in [0.25, 0.3) is 0 Å². The van der Waals surface area contributed by atoms with Gasteiger partial charge in [0.15, 0.2) is 11.6 Å². The third kappa shape index (κ3) is 21.3. The monoisotopic (exact) mass is 496 g/mol. The lowest BCUT2D eigenvalue weighted by atomic mass is 10.2. The number of carbonyl (C=O) groups is 2. The number of carbonyl (C=O) groups excluding carboxylic acids is 2. The molecule has 0 atom stereocenters. The Morgan fingerprint density at radius 2 is 0.763 bits per heavy atom. The number of rotatable bonds is 11. The highest BCUT2D eigenvalue weighted by Crippen LogP contribution is 1.94. The minimum absolute atomic E-state index is 0.120. The van der Waals surface area contributed by atoms with Crippen LogP contribution >= 0.6 is 0 Å². The summed E-state index contributed by atoms with van der Waals surface area (Å²) in [4.78, 5) is 23.3. The van der Waals surface area contributed by atoms with E-state index in [0.29, 0.717) is 0 Å². The van der Waals surface area contributed by atoms with Crippen LogP contribution in [0.1, 0.15) is 27.7 Å². The van der Waals surface area contributed by atoms with Gasteiger partial charge in [-0.1, -0.05) is 109 Å². The minimum atomic E-state index is -0.126. The molecule has 0 saturated carbocycles. The molecular formula is C36H32O2. The van der Waals surface area contributed by atoms with Crippen LogP contribution < -0.4 is 0 Å². The predicted octanol–water partition coefficient (Wildman–Crippen LogP) is 7.08. The number of terminal acetylenes is 2. The Morgan fingerprint density at radius 1 is 0.447 bits per heavy atom. The van der Waals surface area contributed by atoms with E-state index in [1.807, 2.05) is 44.2 Å². The van der Waals surface area contributed by atoms with E-state index in [1.54, 1.807) is 68.5 Å². The summed E-state index contributed by atoms with van der Waals surface area (Å²) >= 11 is 0. The molecule has 0 aliphatic carbocycles. The van der Waals surface area contributed by atoms with Crippen molar-refractivity contribution in [3.05, 3.63) is 132 Å². The average Bonchev–Trinajstić information content (AvgIpc) is 2.90. The second-order valence-electron chi connectivity index (χ2n) is 7.58. The fourth-order valence-corrected chi connectivity index (χ4v) is 2.08. The van der Waals surface area contributed by atoms with Gasteiger partial charge >= 0.3 is 0 Å². The molecule has 0 N–H and O–H groups in total. The average molecular weight is 497 g/mol. The second kappa shape index (κ2) is 22.2. The standard InChI is InChI=1S/C36H32O2/c1-7-31(3)25-19-29-35(37)27-15-11-9-10-13-21-33(5)23-17-18-24-34(6)22-14-12-16-28-36(38)30-20-26-32(4)8-2/h1-2,9-16,19-22,25-30H,3-6H3/b11-9+,13-10+,14-12+,27-15+,28-16+,29-19+,30-20+,31-25-,32-26-,33-21-,34-22-. The normalized spacial score (nSPS) is 13.4. The summed E-state index contributed by atoms with van der Waals surface area (Å²) in [5.74, 6) is 16.3. The molecular weight excluding hydrogens is 464 g/mol. The van der Waals surface area contributed by atoms with Crippen molar-refractivity contribution >= 4 is 11.6 Å². The van der Waals surface area contributed by atoms with Crippen molar-refractivity contribution in [1.82, 2.24) is 0 Å². The Bertz CT molecular complexity index is 1380. The number of allylic oxidation sites excluding steroid dienone is 22. The fourth-order valence-electron chi connectivity index (χ4n) is 2.08. The molecule has 0 aliphatic heterocycles. The van der Waals surface area contributed by atoms with Crippen LogP contribution in [-0.2, 0) is 9.59 Å². The lowest BCUT2D eigenvalue weighted by Gasteiger charge is -1.83. The quantitative estimate of drug-likeness (QED) is 0.174. The summed E-state index contributed by atoms with van der Waals surface area (Å²) in [6, 6.07) is 0. The van der Waals surface area contributed by atoms with Crippen LogP contribution in [0.15, 0.2) is 132 Å². The molecule has 2 nitrogen and oxygen atoms in total. The van der Waals surface area contributed by atoms with Crippen molar-refractivity contribution in [2.45, 2.75) is 27.7 Å². The van der Waals surface area contributed by atoms with Gasteiger partial charge in [-0.15, -0.1) is 12.8 Å². The van der Waals surface area contributed by atoms with Gasteiger partial charge in [0, 0.05) is 0 Å². The molecule has 0 aromatic carbocycles. The lowest BCUT2D eigenvalue weighted by Crippen LogP contribution is -1.83. The van der Waals surface area contributed by atoms with E-state index in [1.165, 1.54) is 24.3 Å². The molecule has 0 saturated heterocycles. The van der Waals surface area contributed by atoms with Gasteiger partial charge in [0.25, 0.3) is 0 Å². The summed E-state index contributed by atoms with van der Waals surface area (Å²) in [6.45, 7) is 7.36. The van der Waals surface area contributed by atoms with E-state index in [0.717, 1.165) is 22.3 Å². The lowest BCUT2D eigenvalue weighted by molar-refractivity contribution is -0.111. The summed E-state index contributed by atoms with van der Waals surface area (Å²) in [6.07, 6.45) is 40.8. The molecule has 0 aliphatic rings. The Balaban J connectivity index is 4.63. The zero-order valence-electron chi connectivity index (χ0n) is 22.4. The van der Waals surface area contributed by atoms with Crippen LogP contribution in [0.3, 0.4) is 0 Å². The molecule has 0 radical (unpaired) electrons. The first-order valence-corrected chi connectivity index (χ1v) is 11.7. The summed E-state index contributed by atoms with van der Waals surface area (Å²) in [5, 5.41) is 0. The minimum Gasteiger partial charge on any atom is -0.290 e. The Labute approximate surface area is 228 Å². The zero-order chi connectivity index (χ0) is 28.4. The number of ketones is 2.